The molecule has 0 fully saturated rings. The van der Waals surface area contributed by atoms with E-state index in [9.17, 15) is 14.2 Å². The topological polar surface area (TPSA) is 82.1 Å². The van der Waals surface area contributed by atoms with Crippen LogP contribution in [0.25, 0.3) is 0 Å². The fourth-order valence-electron chi connectivity index (χ4n) is 1.74. The molecule has 0 aliphatic rings. The van der Waals surface area contributed by atoms with E-state index in [1.165, 1.54) is 18.7 Å². The summed E-state index contributed by atoms with van der Waals surface area (Å²) < 4.78 is 27.2. The van der Waals surface area contributed by atoms with Crippen molar-refractivity contribution in [2.24, 2.45) is 0 Å². The van der Waals surface area contributed by atoms with E-state index in [1.807, 2.05) is 0 Å². The lowest BCUT2D eigenvalue weighted by Gasteiger charge is -2.26. The SMILES string of the molecule is CCOC(=O)N(CCCC(=O)OC)C[P@](C)(=O)OC(C)C. The van der Waals surface area contributed by atoms with Crippen molar-refractivity contribution in [2.45, 2.75) is 39.7 Å². The van der Waals surface area contributed by atoms with Crippen LogP contribution in [0.5, 0.6) is 0 Å². The van der Waals surface area contributed by atoms with Crippen LogP contribution >= 0.6 is 7.37 Å². The van der Waals surface area contributed by atoms with Gasteiger partial charge in [0.05, 0.1) is 19.8 Å². The Morgan fingerprint density at radius 3 is 2.38 bits per heavy atom. The summed E-state index contributed by atoms with van der Waals surface area (Å²) in [6.45, 7) is 7.23. The molecule has 0 rings (SSSR count). The second-order valence-corrected chi connectivity index (χ2v) is 7.47. The van der Waals surface area contributed by atoms with Crippen LogP contribution in [0.4, 0.5) is 4.79 Å². The molecule has 1 atom stereocenters. The van der Waals surface area contributed by atoms with E-state index in [-0.39, 0.29) is 37.9 Å². The number of amides is 1. The number of carbonyl (C=O) groups excluding carboxylic acids is 2. The first-order valence-electron chi connectivity index (χ1n) is 6.95. The Bertz CT molecular complexity index is 385. The first-order valence-corrected chi connectivity index (χ1v) is 9.21. The highest BCUT2D eigenvalue weighted by molar-refractivity contribution is 7.58. The van der Waals surface area contributed by atoms with Crippen LogP contribution in [0.15, 0.2) is 0 Å². The third-order valence-electron chi connectivity index (χ3n) is 2.42. The maximum Gasteiger partial charge on any atom is 0.410 e. The summed E-state index contributed by atoms with van der Waals surface area (Å²) in [4.78, 5) is 24.3. The standard InChI is InChI=1S/C13H26NO6P/c1-6-19-13(16)14(9-7-8-12(15)18-4)10-21(5,17)20-11(2)3/h11H,6-10H2,1-5H3/t21-/m1/s1. The maximum atomic E-state index is 12.3. The molecule has 0 aromatic rings. The van der Waals surface area contributed by atoms with E-state index in [2.05, 4.69) is 4.74 Å². The zero-order valence-electron chi connectivity index (χ0n) is 13.5. The van der Waals surface area contributed by atoms with Gasteiger partial charge >= 0.3 is 12.1 Å². The molecule has 0 aliphatic heterocycles. The lowest BCUT2D eigenvalue weighted by atomic mass is 10.3. The monoisotopic (exact) mass is 323 g/mol. The average molecular weight is 323 g/mol. The number of nitrogens with zero attached hydrogens (tertiary/aromatic N) is 1. The number of hydrogen-bond donors (Lipinski definition) is 0. The second kappa shape index (κ2) is 9.79. The molecule has 0 aliphatic carbocycles. The Labute approximate surface area is 126 Å². The number of hydrogen-bond acceptors (Lipinski definition) is 6. The molecule has 1 amide bonds. The van der Waals surface area contributed by atoms with E-state index >= 15 is 0 Å². The molecular weight excluding hydrogens is 297 g/mol. The Balaban J connectivity index is 4.62. The van der Waals surface area contributed by atoms with Gasteiger partial charge in [-0.2, -0.15) is 0 Å². The van der Waals surface area contributed by atoms with Crippen molar-refractivity contribution in [1.29, 1.82) is 0 Å². The zero-order chi connectivity index (χ0) is 16.5. The molecule has 124 valence electrons. The molecule has 0 aromatic carbocycles. The minimum atomic E-state index is -2.94. The van der Waals surface area contributed by atoms with Gasteiger partial charge < -0.3 is 14.0 Å². The quantitative estimate of drug-likeness (QED) is 0.479. The van der Waals surface area contributed by atoms with Crippen LogP contribution in [0.3, 0.4) is 0 Å². The Kier molecular flexibility index (Phi) is 9.29. The van der Waals surface area contributed by atoms with Gasteiger partial charge in [-0.05, 0) is 27.2 Å². The van der Waals surface area contributed by atoms with Gasteiger partial charge in [0.1, 0.15) is 6.29 Å². The lowest BCUT2D eigenvalue weighted by Crippen LogP contribution is -2.34. The van der Waals surface area contributed by atoms with Gasteiger partial charge in [0.25, 0.3) is 0 Å². The number of ether oxygens (including phenoxy) is 2. The van der Waals surface area contributed by atoms with Gasteiger partial charge in [-0.3, -0.25) is 14.3 Å². The van der Waals surface area contributed by atoms with E-state index in [0.29, 0.717) is 6.42 Å². The second-order valence-electron chi connectivity index (χ2n) is 4.95. The molecule has 0 saturated heterocycles. The van der Waals surface area contributed by atoms with Gasteiger partial charge in [-0.25, -0.2) is 4.79 Å². The fraction of sp³-hybridized carbons (Fsp3) is 0.846. The van der Waals surface area contributed by atoms with Crippen molar-refractivity contribution in [2.75, 3.05) is 33.2 Å². The van der Waals surface area contributed by atoms with Gasteiger partial charge in [-0.1, -0.05) is 0 Å². The summed E-state index contributed by atoms with van der Waals surface area (Å²) in [6.07, 6.45) is -0.194. The third-order valence-corrected chi connectivity index (χ3v) is 4.15. The van der Waals surface area contributed by atoms with Gasteiger partial charge in [-0.15, -0.1) is 0 Å². The molecule has 0 spiro atoms. The van der Waals surface area contributed by atoms with Crippen LogP contribution in [-0.4, -0.2) is 56.3 Å². The summed E-state index contributed by atoms with van der Waals surface area (Å²) in [5, 5.41) is 0. The van der Waals surface area contributed by atoms with Crippen LogP contribution in [0.1, 0.15) is 33.6 Å². The van der Waals surface area contributed by atoms with Crippen LogP contribution in [-0.2, 0) is 23.4 Å². The summed E-state index contributed by atoms with van der Waals surface area (Å²) in [5.74, 6) is -0.350. The van der Waals surface area contributed by atoms with Crippen molar-refractivity contribution in [3.05, 3.63) is 0 Å². The predicted octanol–water partition coefficient (Wildman–Crippen LogP) is 2.69. The maximum absolute atomic E-state index is 12.3. The van der Waals surface area contributed by atoms with Crippen LogP contribution in [0.2, 0.25) is 0 Å². The Hall–Kier alpha value is -1.07. The molecule has 0 aromatic heterocycles. The molecule has 0 saturated carbocycles. The molecule has 0 unspecified atom stereocenters. The Morgan fingerprint density at radius 2 is 1.90 bits per heavy atom. The van der Waals surface area contributed by atoms with Crippen LogP contribution < -0.4 is 0 Å². The number of carbonyl (C=O) groups is 2. The molecule has 0 bridgehead atoms. The van der Waals surface area contributed by atoms with E-state index < -0.39 is 13.5 Å². The largest absolute Gasteiger partial charge is 0.469 e. The fourth-order valence-corrected chi connectivity index (χ4v) is 3.58. The zero-order valence-corrected chi connectivity index (χ0v) is 14.4. The van der Waals surface area contributed by atoms with E-state index in [0.717, 1.165) is 0 Å². The molecule has 21 heavy (non-hydrogen) atoms. The minimum Gasteiger partial charge on any atom is -0.469 e. The predicted molar refractivity (Wildman–Crippen MR) is 79.6 cm³/mol. The molecule has 0 radical (unpaired) electrons. The summed E-state index contributed by atoms with van der Waals surface area (Å²) >= 11 is 0. The normalized spacial score (nSPS) is 13.6. The van der Waals surface area contributed by atoms with Crippen molar-refractivity contribution < 1.29 is 28.2 Å². The molecule has 8 heteroatoms. The molecule has 0 N–H and O–H groups in total. The summed E-state index contributed by atoms with van der Waals surface area (Å²) in [6, 6.07) is 0. The van der Waals surface area contributed by atoms with Crippen molar-refractivity contribution in [3.63, 3.8) is 0 Å². The highest BCUT2D eigenvalue weighted by Gasteiger charge is 2.26. The van der Waals surface area contributed by atoms with E-state index in [1.54, 1.807) is 20.8 Å². The average Bonchev–Trinajstić information content (AvgIpc) is 2.35. The van der Waals surface area contributed by atoms with Gasteiger partial charge in [0.2, 0.25) is 7.37 Å². The number of rotatable bonds is 9. The number of methoxy groups -OCH3 is 1. The van der Waals surface area contributed by atoms with Crippen molar-refractivity contribution in [1.82, 2.24) is 4.90 Å². The van der Waals surface area contributed by atoms with Crippen LogP contribution in [0, 0.1) is 0 Å². The van der Waals surface area contributed by atoms with Gasteiger partial charge in [0, 0.05) is 19.6 Å². The Morgan fingerprint density at radius 1 is 1.29 bits per heavy atom. The smallest absolute Gasteiger partial charge is 0.410 e. The first kappa shape index (κ1) is 19.9. The molecular formula is C13H26NO6P. The minimum absolute atomic E-state index is 0.0365. The molecule has 0 heterocycles. The van der Waals surface area contributed by atoms with Gasteiger partial charge in [0.15, 0.2) is 0 Å². The van der Waals surface area contributed by atoms with Crippen molar-refractivity contribution >= 4 is 19.4 Å². The highest BCUT2D eigenvalue weighted by atomic mass is 31.2. The summed E-state index contributed by atoms with van der Waals surface area (Å²) in [7, 11) is -1.64. The highest BCUT2D eigenvalue weighted by Crippen LogP contribution is 2.44. The lowest BCUT2D eigenvalue weighted by molar-refractivity contribution is -0.140. The van der Waals surface area contributed by atoms with E-state index in [4.69, 9.17) is 9.26 Å². The third kappa shape index (κ3) is 9.47. The molecule has 7 nitrogen and oxygen atoms in total. The number of esters is 1. The summed E-state index contributed by atoms with van der Waals surface area (Å²) in [5.41, 5.74) is 0. The first-order chi connectivity index (χ1) is 9.71. The van der Waals surface area contributed by atoms with Crippen molar-refractivity contribution in [3.8, 4) is 0 Å².